The van der Waals surface area contributed by atoms with Crippen molar-refractivity contribution in [3.8, 4) is 28.4 Å². The van der Waals surface area contributed by atoms with E-state index in [4.69, 9.17) is 19.2 Å². The lowest BCUT2D eigenvalue weighted by atomic mass is 9.95. The summed E-state index contributed by atoms with van der Waals surface area (Å²) in [5, 5.41) is 6.45. The maximum absolute atomic E-state index is 14.6. The van der Waals surface area contributed by atoms with Gasteiger partial charge < -0.3 is 34.3 Å². The number of piperidine rings is 1. The molecule has 0 saturated carbocycles. The fourth-order valence-electron chi connectivity index (χ4n) is 7.63. The van der Waals surface area contributed by atoms with Gasteiger partial charge in [0.1, 0.15) is 11.9 Å². The van der Waals surface area contributed by atoms with Crippen LogP contribution in [0.4, 0.5) is 5.69 Å². The van der Waals surface area contributed by atoms with Crippen LogP contribution in [0.5, 0.6) is 17.2 Å². The second kappa shape index (κ2) is 15.7. The number of aryl methyl sites for hydroxylation is 2. The zero-order valence-corrected chi connectivity index (χ0v) is 31.0. The van der Waals surface area contributed by atoms with Crippen molar-refractivity contribution in [2.45, 2.75) is 63.6 Å². The Hall–Kier alpha value is -4.71. The molecule has 51 heavy (non-hydrogen) atoms. The van der Waals surface area contributed by atoms with E-state index < -0.39 is 12.1 Å². The Morgan fingerprint density at radius 1 is 1.02 bits per heavy atom. The van der Waals surface area contributed by atoms with Gasteiger partial charge in [0.15, 0.2) is 11.5 Å². The van der Waals surface area contributed by atoms with E-state index in [9.17, 15) is 14.4 Å². The summed E-state index contributed by atoms with van der Waals surface area (Å²) in [6, 6.07) is 13.9. The van der Waals surface area contributed by atoms with Crippen LogP contribution in [0.15, 0.2) is 53.3 Å². The monoisotopic (exact) mass is 713 g/mol. The highest BCUT2D eigenvalue weighted by Gasteiger charge is 2.35. The van der Waals surface area contributed by atoms with Crippen LogP contribution in [0.2, 0.25) is 0 Å². The number of carbonyl (C=O) groups excluding carboxylic acids is 2. The third-order valence-electron chi connectivity index (χ3n) is 10.1. The Bertz CT molecular complexity index is 2000. The number of rotatable bonds is 11. The van der Waals surface area contributed by atoms with E-state index in [1.54, 1.807) is 45.2 Å². The zero-order chi connectivity index (χ0) is 36.2. The van der Waals surface area contributed by atoms with E-state index in [2.05, 4.69) is 15.2 Å². The fourth-order valence-corrected chi connectivity index (χ4v) is 8.11. The third kappa shape index (κ3) is 7.11. The maximum Gasteiger partial charge on any atom is 0.245 e. The Morgan fingerprint density at radius 2 is 1.80 bits per heavy atom. The smallest absolute Gasteiger partial charge is 0.245 e. The van der Waals surface area contributed by atoms with Crippen molar-refractivity contribution in [1.82, 2.24) is 19.8 Å². The van der Waals surface area contributed by atoms with Gasteiger partial charge >= 0.3 is 0 Å². The minimum atomic E-state index is -0.639. The first kappa shape index (κ1) is 36.1. The summed E-state index contributed by atoms with van der Waals surface area (Å²) in [5.41, 5.74) is 5.08. The molecule has 270 valence electrons. The quantitative estimate of drug-likeness (QED) is 0.192. The highest BCUT2D eigenvalue weighted by atomic mass is 32.2. The van der Waals surface area contributed by atoms with Gasteiger partial charge in [-0.1, -0.05) is 18.2 Å². The maximum atomic E-state index is 14.6. The molecule has 2 amide bonds. The van der Waals surface area contributed by atoms with Gasteiger partial charge in [0.2, 0.25) is 23.0 Å². The van der Waals surface area contributed by atoms with Crippen molar-refractivity contribution in [3.05, 3.63) is 75.7 Å². The molecule has 11 nitrogen and oxygen atoms in total. The Labute approximate surface area is 303 Å². The van der Waals surface area contributed by atoms with E-state index in [1.165, 1.54) is 6.92 Å². The molecule has 4 aromatic rings. The average Bonchev–Trinajstić information content (AvgIpc) is 3.30. The molecular weight excluding hydrogens is 667 g/mol. The van der Waals surface area contributed by atoms with Crippen molar-refractivity contribution in [3.63, 3.8) is 0 Å². The molecular formula is C39H47N5O6S. The first-order valence-corrected chi connectivity index (χ1v) is 18.8. The van der Waals surface area contributed by atoms with Crippen LogP contribution in [0, 0.1) is 0 Å². The number of imidazole rings is 1. The molecule has 2 aliphatic rings. The number of nitrogens with zero attached hydrogens (tertiary/aromatic N) is 3. The Morgan fingerprint density at radius 3 is 2.51 bits per heavy atom. The van der Waals surface area contributed by atoms with Crippen LogP contribution in [-0.4, -0.2) is 72.2 Å². The number of anilines is 1. The molecule has 3 aromatic carbocycles. The molecule has 1 fully saturated rings. The van der Waals surface area contributed by atoms with Crippen LogP contribution >= 0.6 is 11.8 Å². The van der Waals surface area contributed by atoms with Crippen molar-refractivity contribution in [2.75, 3.05) is 45.2 Å². The number of carbonyl (C=O) groups is 2. The first-order valence-electron chi connectivity index (χ1n) is 17.5. The Kier molecular flexibility index (Phi) is 11.1. The molecule has 1 unspecified atom stereocenters. The van der Waals surface area contributed by atoms with E-state index in [-0.39, 0.29) is 23.3 Å². The fraction of sp³-hybridized carbons (Fsp3) is 0.436. The van der Waals surface area contributed by atoms with Crippen molar-refractivity contribution in [2.24, 2.45) is 7.05 Å². The van der Waals surface area contributed by atoms with Gasteiger partial charge in [0.25, 0.3) is 0 Å². The molecule has 3 atom stereocenters. The van der Waals surface area contributed by atoms with Gasteiger partial charge in [-0.05, 0) is 97.6 Å². The van der Waals surface area contributed by atoms with E-state index >= 15 is 0 Å². The summed E-state index contributed by atoms with van der Waals surface area (Å²) in [5.74, 6) is 2.81. The first-order chi connectivity index (χ1) is 24.7. The lowest BCUT2D eigenvalue weighted by molar-refractivity contribution is -0.136. The van der Waals surface area contributed by atoms with Gasteiger partial charge in [0.05, 0.1) is 50.1 Å². The summed E-state index contributed by atoms with van der Waals surface area (Å²) in [6.45, 7) is 2.09. The van der Waals surface area contributed by atoms with E-state index in [1.807, 2.05) is 54.6 Å². The van der Waals surface area contributed by atoms with Gasteiger partial charge in [-0.15, -0.1) is 0 Å². The van der Waals surface area contributed by atoms with Crippen LogP contribution in [0.3, 0.4) is 0 Å². The van der Waals surface area contributed by atoms with Gasteiger partial charge in [-0.2, -0.15) is 11.8 Å². The molecule has 0 spiro atoms. The van der Waals surface area contributed by atoms with Crippen LogP contribution < -0.4 is 30.3 Å². The predicted octanol–water partition coefficient (Wildman–Crippen LogP) is 6.04. The highest BCUT2D eigenvalue weighted by molar-refractivity contribution is 7.98. The lowest BCUT2D eigenvalue weighted by Gasteiger charge is -2.37. The van der Waals surface area contributed by atoms with E-state index in [0.29, 0.717) is 54.3 Å². The van der Waals surface area contributed by atoms with Crippen molar-refractivity contribution >= 4 is 40.3 Å². The number of hydrogen-bond donors (Lipinski definition) is 2. The van der Waals surface area contributed by atoms with Crippen LogP contribution in [0.1, 0.15) is 68.1 Å². The summed E-state index contributed by atoms with van der Waals surface area (Å²) < 4.78 is 19.4. The normalized spacial score (nSPS) is 17.5. The second-order valence-electron chi connectivity index (χ2n) is 13.1. The number of amides is 2. The molecule has 1 saturated heterocycles. The summed E-state index contributed by atoms with van der Waals surface area (Å²) in [4.78, 5) is 48.1. The molecule has 1 aliphatic carbocycles. The van der Waals surface area contributed by atoms with Gasteiger partial charge in [-0.25, -0.2) is 4.98 Å². The average molecular weight is 714 g/mol. The SMILES string of the molecule is COc1cc2c(c(OC)c1OC)-c1ccc(N[C@@H](CCSC)C(=O)N3CCCCC3c3nc4ccccc4n3C)c(=O)cc1[C@@H](NC(C)=O)CC2. The number of fused-ring (bicyclic) bond motifs is 4. The summed E-state index contributed by atoms with van der Waals surface area (Å²) in [6.07, 6.45) is 6.42. The molecule has 1 aromatic heterocycles. The molecule has 2 N–H and O–H groups in total. The van der Waals surface area contributed by atoms with Crippen molar-refractivity contribution < 1.29 is 23.8 Å². The topological polar surface area (TPSA) is 124 Å². The minimum Gasteiger partial charge on any atom is -0.493 e. The van der Waals surface area contributed by atoms with Crippen LogP contribution in [-0.2, 0) is 23.1 Å². The molecule has 12 heteroatoms. The second-order valence-corrected chi connectivity index (χ2v) is 14.1. The lowest BCUT2D eigenvalue weighted by Crippen LogP contribution is -2.47. The molecule has 6 rings (SSSR count). The third-order valence-corrected chi connectivity index (χ3v) is 10.7. The number of thioether (sulfide) groups is 1. The molecule has 0 bridgehead atoms. The van der Waals surface area contributed by atoms with E-state index in [0.717, 1.165) is 58.6 Å². The molecule has 2 heterocycles. The summed E-state index contributed by atoms with van der Waals surface area (Å²) >= 11 is 1.66. The number of benzene rings is 2. The number of aromatic nitrogens is 2. The number of ether oxygens (including phenoxy) is 3. The van der Waals surface area contributed by atoms with Crippen LogP contribution in [0.25, 0.3) is 22.2 Å². The molecule has 1 aliphatic heterocycles. The molecule has 0 radical (unpaired) electrons. The van der Waals surface area contributed by atoms with Gasteiger partial charge in [0, 0.05) is 26.1 Å². The minimum absolute atomic E-state index is 0.0479. The number of nitrogens with one attached hydrogen (secondary N) is 2. The Balaban J connectivity index is 1.42. The standard InChI is InChI=1S/C39H47N5O6S/c1-23(45)40-27-16-14-24-21-34(48-3)36(49-4)37(50-5)35(24)25-15-17-29(33(46)22-26(25)27)41-30(18-20-51-6)39(47)44-19-10-9-13-32(44)38-42-28-11-7-8-12-31(28)43(38)2/h7-8,11-12,15,17,21-22,27,30,32H,9-10,13-14,16,18-20H2,1-6H3,(H,40,45)(H,41,46)/t27-,30-,32?/m0/s1. The number of methoxy groups -OCH3 is 3. The number of likely N-dealkylation sites (tertiary alicyclic amines) is 1. The number of para-hydroxylation sites is 2. The zero-order valence-electron chi connectivity index (χ0n) is 30.2. The van der Waals surface area contributed by atoms with Gasteiger partial charge in [-0.3, -0.25) is 14.4 Å². The summed E-state index contributed by atoms with van der Waals surface area (Å²) in [7, 11) is 6.72. The van der Waals surface area contributed by atoms with Crippen molar-refractivity contribution in [1.29, 1.82) is 0 Å². The largest absolute Gasteiger partial charge is 0.493 e. The predicted molar refractivity (Wildman–Crippen MR) is 202 cm³/mol. The highest BCUT2D eigenvalue weighted by Crippen LogP contribution is 2.50. The number of hydrogen-bond acceptors (Lipinski definition) is 9.